The van der Waals surface area contributed by atoms with Gasteiger partial charge in [0.1, 0.15) is 11.6 Å². The second kappa shape index (κ2) is 6.07. The largest absolute Gasteiger partial charge is 0.466 e. The molecule has 1 heterocycles. The van der Waals surface area contributed by atoms with Crippen LogP contribution in [0.4, 0.5) is 5.82 Å². The Morgan fingerprint density at radius 3 is 2.80 bits per heavy atom. The van der Waals surface area contributed by atoms with Gasteiger partial charge in [0.15, 0.2) is 0 Å². The van der Waals surface area contributed by atoms with Crippen LogP contribution in [-0.4, -0.2) is 22.5 Å². The van der Waals surface area contributed by atoms with E-state index in [-0.39, 0.29) is 35.9 Å². The minimum atomic E-state index is -0.464. The molecular formula is C14H21N3O3. The van der Waals surface area contributed by atoms with E-state index in [0.717, 1.165) is 19.3 Å². The second-order valence-electron chi connectivity index (χ2n) is 5.41. The number of nitrogen functional groups attached to an aromatic ring is 1. The topological polar surface area (TPSA) is 98.1 Å². The fourth-order valence-corrected chi connectivity index (χ4v) is 2.71. The zero-order valence-electron chi connectivity index (χ0n) is 11.9. The number of carbonyl (C=O) groups excluding carboxylic acids is 1. The van der Waals surface area contributed by atoms with E-state index in [1.165, 1.54) is 0 Å². The molecule has 0 bridgehead atoms. The quantitative estimate of drug-likeness (QED) is 0.811. The van der Waals surface area contributed by atoms with Gasteiger partial charge in [-0.15, -0.1) is 0 Å². The summed E-state index contributed by atoms with van der Waals surface area (Å²) in [6.07, 6.45) is 3.03. The number of nitrogens with zero attached hydrogens (tertiary/aromatic N) is 1. The summed E-state index contributed by atoms with van der Waals surface area (Å²) in [5.74, 6) is 1.22. The third-order valence-corrected chi connectivity index (χ3v) is 3.77. The maximum absolute atomic E-state index is 12.1. The summed E-state index contributed by atoms with van der Waals surface area (Å²) in [5, 5.41) is 0. The summed E-state index contributed by atoms with van der Waals surface area (Å²) in [5.41, 5.74) is 5.69. The fourth-order valence-electron chi connectivity index (χ4n) is 2.71. The summed E-state index contributed by atoms with van der Waals surface area (Å²) in [7, 11) is 0. The number of carbonyl (C=O) groups is 1. The van der Waals surface area contributed by atoms with Crippen molar-refractivity contribution in [1.29, 1.82) is 0 Å². The lowest BCUT2D eigenvalue weighted by atomic mass is 10.1. The Labute approximate surface area is 117 Å². The van der Waals surface area contributed by atoms with Crippen molar-refractivity contribution >= 4 is 11.8 Å². The SMILES string of the molecule is CCOC(=O)Cc1c(N)nc(C2CCC(C)C2)[nH]c1=O. The first-order valence-corrected chi connectivity index (χ1v) is 7.05. The van der Waals surface area contributed by atoms with Crippen LogP contribution in [-0.2, 0) is 16.0 Å². The Hall–Kier alpha value is -1.85. The van der Waals surface area contributed by atoms with Crippen LogP contribution in [0.2, 0.25) is 0 Å². The number of rotatable bonds is 4. The third kappa shape index (κ3) is 3.18. The van der Waals surface area contributed by atoms with Gasteiger partial charge in [0.2, 0.25) is 0 Å². The van der Waals surface area contributed by atoms with Gasteiger partial charge in [0.25, 0.3) is 5.56 Å². The average molecular weight is 279 g/mol. The predicted octanol–water partition coefficient (Wildman–Crippen LogP) is 1.36. The van der Waals surface area contributed by atoms with Crippen molar-refractivity contribution in [2.75, 3.05) is 12.3 Å². The number of ether oxygens (including phenoxy) is 1. The van der Waals surface area contributed by atoms with Gasteiger partial charge in [-0.25, -0.2) is 4.98 Å². The molecule has 1 aromatic rings. The van der Waals surface area contributed by atoms with Crippen LogP contribution in [0, 0.1) is 5.92 Å². The lowest BCUT2D eigenvalue weighted by molar-refractivity contribution is -0.142. The van der Waals surface area contributed by atoms with Crippen LogP contribution < -0.4 is 11.3 Å². The molecule has 1 saturated carbocycles. The van der Waals surface area contributed by atoms with Crippen LogP contribution >= 0.6 is 0 Å². The third-order valence-electron chi connectivity index (χ3n) is 3.77. The molecule has 0 aliphatic heterocycles. The van der Waals surface area contributed by atoms with Crippen molar-refractivity contribution < 1.29 is 9.53 Å². The van der Waals surface area contributed by atoms with Gasteiger partial charge in [-0.05, 0) is 32.1 Å². The Morgan fingerprint density at radius 2 is 2.25 bits per heavy atom. The first-order chi connectivity index (χ1) is 9.51. The molecule has 2 atom stereocenters. The molecule has 1 aliphatic carbocycles. The molecule has 0 spiro atoms. The van der Waals surface area contributed by atoms with Crippen LogP contribution in [0.15, 0.2) is 4.79 Å². The van der Waals surface area contributed by atoms with Gasteiger partial charge in [0, 0.05) is 5.92 Å². The maximum atomic E-state index is 12.1. The van der Waals surface area contributed by atoms with E-state index in [1.54, 1.807) is 6.92 Å². The van der Waals surface area contributed by atoms with Gasteiger partial charge in [-0.3, -0.25) is 9.59 Å². The Bertz CT molecular complexity index is 553. The predicted molar refractivity (Wildman–Crippen MR) is 75.4 cm³/mol. The number of aromatic amines is 1. The highest BCUT2D eigenvalue weighted by atomic mass is 16.5. The monoisotopic (exact) mass is 279 g/mol. The number of hydrogen-bond donors (Lipinski definition) is 2. The van der Waals surface area contributed by atoms with Crippen LogP contribution in [0.1, 0.15) is 50.4 Å². The first kappa shape index (κ1) is 14.6. The van der Waals surface area contributed by atoms with Crippen molar-refractivity contribution in [3.63, 3.8) is 0 Å². The summed E-state index contributed by atoms with van der Waals surface area (Å²) < 4.78 is 4.82. The van der Waals surface area contributed by atoms with Gasteiger partial charge < -0.3 is 15.5 Å². The highest BCUT2D eigenvalue weighted by molar-refractivity contribution is 5.74. The standard InChI is InChI=1S/C14H21N3O3/c1-3-20-11(18)7-10-12(15)16-13(17-14(10)19)9-5-4-8(2)6-9/h8-9H,3-7H2,1-2H3,(H3,15,16,17,19). The minimum absolute atomic E-state index is 0.136. The molecule has 6 heteroatoms. The molecule has 6 nitrogen and oxygen atoms in total. The Kier molecular flexibility index (Phi) is 4.42. The van der Waals surface area contributed by atoms with Crippen LogP contribution in [0.25, 0.3) is 0 Å². The summed E-state index contributed by atoms with van der Waals surface area (Å²) >= 11 is 0. The summed E-state index contributed by atoms with van der Waals surface area (Å²) in [6.45, 7) is 4.19. The number of nitrogens with two attached hydrogens (primary N) is 1. The van der Waals surface area contributed by atoms with Crippen LogP contribution in [0.3, 0.4) is 0 Å². The molecule has 110 valence electrons. The van der Waals surface area contributed by atoms with E-state index >= 15 is 0 Å². The second-order valence-corrected chi connectivity index (χ2v) is 5.41. The molecule has 0 radical (unpaired) electrons. The number of nitrogens with one attached hydrogen (secondary N) is 1. The molecule has 20 heavy (non-hydrogen) atoms. The highest BCUT2D eigenvalue weighted by Crippen LogP contribution is 2.36. The fraction of sp³-hybridized carbons (Fsp3) is 0.643. The lowest BCUT2D eigenvalue weighted by Crippen LogP contribution is -2.24. The minimum Gasteiger partial charge on any atom is -0.466 e. The zero-order valence-corrected chi connectivity index (χ0v) is 11.9. The van der Waals surface area contributed by atoms with Crippen molar-refractivity contribution in [3.8, 4) is 0 Å². The molecule has 2 unspecified atom stereocenters. The molecule has 0 saturated heterocycles. The van der Waals surface area contributed by atoms with Gasteiger partial charge in [0.05, 0.1) is 18.6 Å². The van der Waals surface area contributed by atoms with Gasteiger partial charge >= 0.3 is 5.97 Å². The number of aromatic nitrogens is 2. The van der Waals surface area contributed by atoms with E-state index in [0.29, 0.717) is 11.7 Å². The number of anilines is 1. The van der Waals surface area contributed by atoms with Crippen molar-refractivity contribution in [1.82, 2.24) is 9.97 Å². The van der Waals surface area contributed by atoms with Crippen molar-refractivity contribution in [2.45, 2.75) is 45.4 Å². The number of hydrogen-bond acceptors (Lipinski definition) is 5. The maximum Gasteiger partial charge on any atom is 0.310 e. The highest BCUT2D eigenvalue weighted by Gasteiger charge is 2.26. The van der Waals surface area contributed by atoms with E-state index in [1.807, 2.05) is 0 Å². The molecule has 0 amide bonds. The van der Waals surface area contributed by atoms with E-state index < -0.39 is 5.97 Å². The molecule has 2 rings (SSSR count). The summed E-state index contributed by atoms with van der Waals surface area (Å²) in [6, 6.07) is 0. The lowest BCUT2D eigenvalue weighted by Gasteiger charge is -2.11. The van der Waals surface area contributed by atoms with E-state index in [2.05, 4.69) is 16.9 Å². The molecule has 1 aromatic heterocycles. The number of H-pyrrole nitrogens is 1. The molecule has 1 aliphatic rings. The first-order valence-electron chi connectivity index (χ1n) is 7.05. The van der Waals surface area contributed by atoms with Crippen molar-refractivity contribution in [3.05, 3.63) is 21.7 Å². The molecule has 0 aromatic carbocycles. The zero-order chi connectivity index (χ0) is 14.7. The number of esters is 1. The molecule has 3 N–H and O–H groups in total. The van der Waals surface area contributed by atoms with Crippen molar-refractivity contribution in [2.24, 2.45) is 5.92 Å². The van der Waals surface area contributed by atoms with E-state index in [4.69, 9.17) is 10.5 Å². The van der Waals surface area contributed by atoms with Crippen LogP contribution in [0.5, 0.6) is 0 Å². The van der Waals surface area contributed by atoms with E-state index in [9.17, 15) is 9.59 Å². The smallest absolute Gasteiger partial charge is 0.310 e. The molecular weight excluding hydrogens is 258 g/mol. The molecule has 1 fully saturated rings. The average Bonchev–Trinajstić information content (AvgIpc) is 2.80. The Morgan fingerprint density at radius 1 is 1.50 bits per heavy atom. The normalized spacial score (nSPS) is 21.9. The summed E-state index contributed by atoms with van der Waals surface area (Å²) in [4.78, 5) is 30.5. The van der Waals surface area contributed by atoms with Gasteiger partial charge in [-0.1, -0.05) is 6.92 Å². The van der Waals surface area contributed by atoms with Gasteiger partial charge in [-0.2, -0.15) is 0 Å². The Balaban J connectivity index is 2.20.